The summed E-state index contributed by atoms with van der Waals surface area (Å²) >= 11 is 0. The summed E-state index contributed by atoms with van der Waals surface area (Å²) in [5, 5.41) is 0. The molecule has 0 radical (unpaired) electrons. The van der Waals surface area contributed by atoms with E-state index in [1.165, 1.54) is 116 Å². The van der Waals surface area contributed by atoms with Gasteiger partial charge in [0.1, 0.15) is 6.61 Å². The fraction of sp³-hybridized carbons (Fsp3) is 0.956. The maximum absolute atomic E-state index is 12.1. The number of carbonyl (C=O) groups excluding carboxylic acids is 2. The Labute approximate surface area is 323 Å². The lowest BCUT2D eigenvalue weighted by Crippen LogP contribution is -2.30. The molecule has 0 N–H and O–H groups in total. The van der Waals surface area contributed by atoms with Gasteiger partial charge >= 0.3 is 11.9 Å². The van der Waals surface area contributed by atoms with Gasteiger partial charge in [0.25, 0.3) is 0 Å². The maximum Gasteiger partial charge on any atom is 0.305 e. The molecule has 0 saturated heterocycles. The van der Waals surface area contributed by atoms with Gasteiger partial charge in [-0.1, -0.05) is 163 Å². The van der Waals surface area contributed by atoms with Crippen molar-refractivity contribution in [3.8, 4) is 0 Å². The third kappa shape index (κ3) is 38.5. The van der Waals surface area contributed by atoms with Crippen molar-refractivity contribution in [1.82, 2.24) is 4.90 Å². The number of hydrogen-bond donors (Lipinski definition) is 0. The molecule has 0 saturated carbocycles. The topological polar surface area (TPSA) is 74.3 Å². The van der Waals surface area contributed by atoms with Crippen LogP contribution in [0.15, 0.2) is 0 Å². The first kappa shape index (κ1) is 50.8. The Balaban J connectivity index is 4.29. The second-order valence-corrected chi connectivity index (χ2v) is 15.2. The van der Waals surface area contributed by atoms with Crippen molar-refractivity contribution in [2.45, 2.75) is 233 Å². The molecule has 0 unspecified atom stereocenters. The van der Waals surface area contributed by atoms with Crippen molar-refractivity contribution in [3.63, 3.8) is 0 Å². The minimum absolute atomic E-state index is 0.0318. The number of rotatable bonds is 43. The Morgan fingerprint density at radius 2 is 0.808 bits per heavy atom. The van der Waals surface area contributed by atoms with Crippen molar-refractivity contribution < 1.29 is 28.5 Å². The monoisotopic (exact) mass is 740 g/mol. The number of nitrogens with zero attached hydrogens (tertiary/aromatic N) is 1. The minimum atomic E-state index is -0.118. The molecule has 52 heavy (non-hydrogen) atoms. The minimum Gasteiger partial charge on any atom is -0.466 e. The molecule has 0 aromatic carbocycles. The van der Waals surface area contributed by atoms with Crippen LogP contribution in [0.5, 0.6) is 0 Å². The van der Waals surface area contributed by atoms with E-state index in [1.54, 1.807) is 0 Å². The summed E-state index contributed by atoms with van der Waals surface area (Å²) in [7, 11) is 0. The Bertz CT molecular complexity index is 717. The standard InChI is InChI=1S/C45H89NO6/c1-5-9-12-15-18-26-31-39-49-44(48)34-27-20-19-22-29-36-46(38-42-50-43(47)8-4)37-30-23-21-28-35-45(51-40-32-24-16-13-10-6-2)52-41-33-25-17-14-11-7-3/h45H,5-42H2,1-4H3. The van der Waals surface area contributed by atoms with Crippen LogP contribution in [0.25, 0.3) is 0 Å². The molecule has 0 aliphatic rings. The summed E-state index contributed by atoms with van der Waals surface area (Å²) in [5.74, 6) is -0.149. The van der Waals surface area contributed by atoms with Crippen LogP contribution >= 0.6 is 0 Å². The third-order valence-corrected chi connectivity index (χ3v) is 10.1. The molecule has 0 aromatic heterocycles. The van der Waals surface area contributed by atoms with Crippen molar-refractivity contribution in [2.24, 2.45) is 0 Å². The summed E-state index contributed by atoms with van der Waals surface area (Å²) in [4.78, 5) is 26.2. The average Bonchev–Trinajstić information content (AvgIpc) is 3.15. The van der Waals surface area contributed by atoms with E-state index in [1.807, 2.05) is 6.92 Å². The first-order valence-corrected chi connectivity index (χ1v) is 22.8. The molecule has 0 heterocycles. The van der Waals surface area contributed by atoms with Crippen LogP contribution in [0.4, 0.5) is 0 Å². The molecular weight excluding hydrogens is 650 g/mol. The highest BCUT2D eigenvalue weighted by Crippen LogP contribution is 2.15. The summed E-state index contributed by atoms with van der Waals surface area (Å²) in [6, 6.07) is 0. The van der Waals surface area contributed by atoms with Gasteiger partial charge in [-0.3, -0.25) is 14.5 Å². The lowest BCUT2D eigenvalue weighted by atomic mass is 10.1. The second-order valence-electron chi connectivity index (χ2n) is 15.2. The average molecular weight is 740 g/mol. The quantitative estimate of drug-likeness (QED) is 0.0350. The van der Waals surface area contributed by atoms with Crippen molar-refractivity contribution in [1.29, 1.82) is 0 Å². The van der Waals surface area contributed by atoms with Crippen LogP contribution in [-0.4, -0.2) is 69.2 Å². The number of esters is 2. The van der Waals surface area contributed by atoms with Gasteiger partial charge in [0, 0.05) is 32.6 Å². The zero-order valence-electron chi connectivity index (χ0n) is 35.3. The molecule has 0 bridgehead atoms. The third-order valence-electron chi connectivity index (χ3n) is 10.1. The van der Waals surface area contributed by atoms with E-state index in [9.17, 15) is 9.59 Å². The molecule has 310 valence electrons. The Morgan fingerprint density at radius 3 is 1.31 bits per heavy atom. The fourth-order valence-corrected chi connectivity index (χ4v) is 6.59. The van der Waals surface area contributed by atoms with Gasteiger partial charge < -0.3 is 18.9 Å². The van der Waals surface area contributed by atoms with Gasteiger partial charge in [-0.05, 0) is 64.5 Å². The predicted octanol–water partition coefficient (Wildman–Crippen LogP) is 12.9. The Hall–Kier alpha value is -1.18. The summed E-state index contributed by atoms with van der Waals surface area (Å²) in [6.45, 7) is 14.2. The molecule has 0 aromatic rings. The molecule has 7 heteroatoms. The van der Waals surface area contributed by atoms with E-state index in [-0.39, 0.29) is 18.2 Å². The van der Waals surface area contributed by atoms with Crippen molar-refractivity contribution in [3.05, 3.63) is 0 Å². The zero-order valence-corrected chi connectivity index (χ0v) is 35.3. The van der Waals surface area contributed by atoms with Gasteiger partial charge in [-0.25, -0.2) is 0 Å². The predicted molar refractivity (Wildman–Crippen MR) is 220 cm³/mol. The van der Waals surface area contributed by atoms with Crippen molar-refractivity contribution in [2.75, 3.05) is 46.1 Å². The summed E-state index contributed by atoms with van der Waals surface area (Å²) in [6.07, 6.45) is 36.0. The van der Waals surface area contributed by atoms with Crippen LogP contribution in [0, 0.1) is 0 Å². The van der Waals surface area contributed by atoms with Crippen LogP contribution in [0.2, 0.25) is 0 Å². The molecule has 0 amide bonds. The zero-order chi connectivity index (χ0) is 38.0. The van der Waals surface area contributed by atoms with Gasteiger partial charge in [0.15, 0.2) is 6.29 Å². The lowest BCUT2D eigenvalue weighted by molar-refractivity contribution is -0.148. The Morgan fingerprint density at radius 1 is 0.404 bits per heavy atom. The number of ether oxygens (including phenoxy) is 4. The molecule has 0 atom stereocenters. The SMILES string of the molecule is CCCCCCCCCOC(=O)CCCCCCCN(CCCCCCC(OCCCCCCCC)OCCCCCCCC)CCOC(=O)CC. The van der Waals surface area contributed by atoms with Crippen molar-refractivity contribution >= 4 is 11.9 Å². The van der Waals surface area contributed by atoms with Crippen LogP contribution < -0.4 is 0 Å². The molecule has 0 aliphatic carbocycles. The smallest absolute Gasteiger partial charge is 0.305 e. The highest BCUT2D eigenvalue weighted by molar-refractivity contribution is 5.69. The van der Waals surface area contributed by atoms with E-state index >= 15 is 0 Å². The molecule has 7 nitrogen and oxygen atoms in total. The maximum atomic E-state index is 12.1. The van der Waals surface area contributed by atoms with E-state index in [0.29, 0.717) is 26.1 Å². The van der Waals surface area contributed by atoms with Gasteiger partial charge in [-0.2, -0.15) is 0 Å². The second kappa shape index (κ2) is 42.6. The van der Waals surface area contributed by atoms with E-state index in [0.717, 1.165) is 103 Å². The van der Waals surface area contributed by atoms with Gasteiger partial charge in [-0.15, -0.1) is 0 Å². The van der Waals surface area contributed by atoms with E-state index in [2.05, 4.69) is 25.7 Å². The van der Waals surface area contributed by atoms with Gasteiger partial charge in [0.2, 0.25) is 0 Å². The molecule has 0 spiro atoms. The number of carbonyl (C=O) groups is 2. The number of hydrogen-bond acceptors (Lipinski definition) is 7. The molecule has 0 aliphatic heterocycles. The first-order valence-electron chi connectivity index (χ1n) is 22.8. The van der Waals surface area contributed by atoms with E-state index in [4.69, 9.17) is 18.9 Å². The molecular formula is C45H89NO6. The highest BCUT2D eigenvalue weighted by atomic mass is 16.7. The van der Waals surface area contributed by atoms with Gasteiger partial charge in [0.05, 0.1) is 6.61 Å². The van der Waals surface area contributed by atoms with E-state index < -0.39 is 0 Å². The summed E-state index contributed by atoms with van der Waals surface area (Å²) in [5.41, 5.74) is 0. The van der Waals surface area contributed by atoms with Crippen LogP contribution in [0.3, 0.4) is 0 Å². The highest BCUT2D eigenvalue weighted by Gasteiger charge is 2.11. The number of unbranched alkanes of at least 4 members (excludes halogenated alkanes) is 23. The van der Waals surface area contributed by atoms with Crippen LogP contribution in [-0.2, 0) is 28.5 Å². The first-order chi connectivity index (χ1) is 25.6. The summed E-state index contributed by atoms with van der Waals surface area (Å²) < 4.78 is 23.3. The van der Waals surface area contributed by atoms with Crippen LogP contribution in [0.1, 0.15) is 227 Å². The largest absolute Gasteiger partial charge is 0.466 e. The lowest BCUT2D eigenvalue weighted by Gasteiger charge is -2.22. The Kier molecular flexibility index (Phi) is 41.6. The molecule has 0 fully saturated rings. The molecule has 0 rings (SSSR count). The normalized spacial score (nSPS) is 11.6. The fourth-order valence-electron chi connectivity index (χ4n) is 6.59.